The summed E-state index contributed by atoms with van der Waals surface area (Å²) in [6.45, 7) is 2.07. The van der Waals surface area contributed by atoms with Crippen molar-refractivity contribution >= 4 is 5.91 Å². The zero-order chi connectivity index (χ0) is 14.5. The fourth-order valence-corrected chi connectivity index (χ4v) is 2.66. The predicted molar refractivity (Wildman–Crippen MR) is 76.1 cm³/mol. The first-order chi connectivity index (χ1) is 9.58. The monoisotopic (exact) mass is 278 g/mol. The van der Waals surface area contributed by atoms with Crippen LogP contribution in [0.15, 0.2) is 24.3 Å². The van der Waals surface area contributed by atoms with E-state index in [0.29, 0.717) is 11.5 Å². The summed E-state index contributed by atoms with van der Waals surface area (Å²) in [4.78, 5) is 10.8. The van der Waals surface area contributed by atoms with E-state index >= 15 is 0 Å². The van der Waals surface area contributed by atoms with E-state index in [1.54, 1.807) is 0 Å². The highest BCUT2D eigenvalue weighted by Crippen LogP contribution is 2.27. The molecule has 2 rings (SSSR count). The maximum atomic E-state index is 10.8. The van der Waals surface area contributed by atoms with Crippen molar-refractivity contribution in [2.45, 2.75) is 37.4 Å². The standard InChI is InChI=1S/C15H22N2O3/c16-14(19)9-13(18)15(20)12-3-1-10(2-4-12)11-5-7-17-8-6-11/h1-4,11,13,15,17-18,20H,5-9H2,(H2,16,19). The summed E-state index contributed by atoms with van der Waals surface area (Å²) in [5.41, 5.74) is 6.88. The topological polar surface area (TPSA) is 95.6 Å². The minimum atomic E-state index is -1.16. The lowest BCUT2D eigenvalue weighted by Gasteiger charge is -2.23. The molecule has 1 heterocycles. The molecule has 2 unspecified atom stereocenters. The molecule has 0 spiro atoms. The van der Waals surface area contributed by atoms with Gasteiger partial charge in [-0.05, 0) is 43.0 Å². The quantitative estimate of drug-likeness (QED) is 0.628. The van der Waals surface area contributed by atoms with Crippen molar-refractivity contribution in [2.75, 3.05) is 13.1 Å². The Labute approximate surface area is 118 Å². The summed E-state index contributed by atoms with van der Waals surface area (Å²) < 4.78 is 0. The number of aliphatic hydroxyl groups is 2. The van der Waals surface area contributed by atoms with Gasteiger partial charge < -0.3 is 21.3 Å². The number of nitrogens with two attached hydrogens (primary N) is 1. The SMILES string of the molecule is NC(=O)CC(O)C(O)c1ccc(C2CCNCC2)cc1. The van der Waals surface area contributed by atoms with Gasteiger partial charge in [-0.1, -0.05) is 24.3 Å². The summed E-state index contributed by atoms with van der Waals surface area (Å²) in [5, 5.41) is 23.0. The summed E-state index contributed by atoms with van der Waals surface area (Å²) in [6.07, 6.45) is -0.239. The Morgan fingerprint density at radius 2 is 1.85 bits per heavy atom. The summed E-state index contributed by atoms with van der Waals surface area (Å²) in [7, 11) is 0. The molecule has 1 aliphatic rings. The molecule has 0 aliphatic carbocycles. The molecular formula is C15H22N2O3. The number of benzene rings is 1. The normalized spacial score (nSPS) is 19.5. The van der Waals surface area contributed by atoms with Gasteiger partial charge in [-0.3, -0.25) is 4.79 Å². The smallest absolute Gasteiger partial charge is 0.220 e. The van der Waals surface area contributed by atoms with Gasteiger partial charge in [0.25, 0.3) is 0 Å². The van der Waals surface area contributed by atoms with Gasteiger partial charge in [0.1, 0.15) is 6.10 Å². The van der Waals surface area contributed by atoms with Crippen molar-refractivity contribution in [1.82, 2.24) is 5.32 Å². The van der Waals surface area contributed by atoms with Gasteiger partial charge in [0.2, 0.25) is 5.91 Å². The van der Waals surface area contributed by atoms with Crippen LogP contribution in [0.4, 0.5) is 0 Å². The zero-order valence-corrected chi connectivity index (χ0v) is 11.5. The molecule has 5 heteroatoms. The Hall–Kier alpha value is -1.43. The Bertz CT molecular complexity index is 441. The highest BCUT2D eigenvalue weighted by Gasteiger charge is 2.21. The molecule has 0 saturated carbocycles. The second-order valence-corrected chi connectivity index (χ2v) is 5.37. The number of primary amides is 1. The van der Waals surface area contributed by atoms with E-state index in [-0.39, 0.29) is 6.42 Å². The van der Waals surface area contributed by atoms with E-state index in [1.165, 1.54) is 5.56 Å². The van der Waals surface area contributed by atoms with E-state index in [9.17, 15) is 15.0 Å². The van der Waals surface area contributed by atoms with Crippen LogP contribution >= 0.6 is 0 Å². The molecule has 0 bridgehead atoms. The zero-order valence-electron chi connectivity index (χ0n) is 11.5. The third kappa shape index (κ3) is 3.79. The van der Waals surface area contributed by atoms with Gasteiger partial charge in [0.15, 0.2) is 0 Å². The van der Waals surface area contributed by atoms with Crippen LogP contribution in [-0.4, -0.2) is 35.3 Å². The van der Waals surface area contributed by atoms with Gasteiger partial charge in [-0.2, -0.15) is 0 Å². The largest absolute Gasteiger partial charge is 0.390 e. The molecule has 20 heavy (non-hydrogen) atoms. The molecule has 110 valence electrons. The number of amides is 1. The van der Waals surface area contributed by atoms with E-state index < -0.39 is 18.1 Å². The lowest BCUT2D eigenvalue weighted by Crippen LogP contribution is -2.27. The summed E-state index contributed by atoms with van der Waals surface area (Å²) >= 11 is 0. The van der Waals surface area contributed by atoms with Crippen LogP contribution in [0.5, 0.6) is 0 Å². The number of piperidine rings is 1. The van der Waals surface area contributed by atoms with Crippen molar-refractivity contribution < 1.29 is 15.0 Å². The fraction of sp³-hybridized carbons (Fsp3) is 0.533. The number of hydrogen-bond donors (Lipinski definition) is 4. The molecule has 0 radical (unpaired) electrons. The van der Waals surface area contributed by atoms with E-state index in [1.807, 2.05) is 24.3 Å². The molecule has 1 aromatic rings. The molecule has 1 amide bonds. The third-order valence-corrected chi connectivity index (χ3v) is 3.86. The van der Waals surface area contributed by atoms with Crippen molar-refractivity contribution in [3.63, 3.8) is 0 Å². The molecule has 5 nitrogen and oxygen atoms in total. The van der Waals surface area contributed by atoms with Crippen LogP contribution < -0.4 is 11.1 Å². The Balaban J connectivity index is 2.01. The minimum absolute atomic E-state index is 0.239. The molecule has 1 saturated heterocycles. The Morgan fingerprint density at radius 3 is 2.40 bits per heavy atom. The van der Waals surface area contributed by atoms with Gasteiger partial charge in [-0.15, -0.1) is 0 Å². The average Bonchev–Trinajstić information content (AvgIpc) is 2.47. The van der Waals surface area contributed by atoms with Gasteiger partial charge >= 0.3 is 0 Å². The first-order valence-electron chi connectivity index (χ1n) is 7.03. The van der Waals surface area contributed by atoms with Crippen LogP contribution in [-0.2, 0) is 4.79 Å². The molecular weight excluding hydrogens is 256 g/mol. The number of carbonyl (C=O) groups excluding carboxylic acids is 1. The second kappa shape index (κ2) is 6.83. The number of aliphatic hydroxyl groups excluding tert-OH is 2. The minimum Gasteiger partial charge on any atom is -0.390 e. The van der Waals surface area contributed by atoms with Crippen LogP contribution in [0.25, 0.3) is 0 Å². The van der Waals surface area contributed by atoms with Gasteiger partial charge in [-0.25, -0.2) is 0 Å². The highest BCUT2D eigenvalue weighted by atomic mass is 16.3. The molecule has 5 N–H and O–H groups in total. The second-order valence-electron chi connectivity index (χ2n) is 5.37. The fourth-order valence-electron chi connectivity index (χ4n) is 2.66. The van der Waals surface area contributed by atoms with Crippen molar-refractivity contribution in [1.29, 1.82) is 0 Å². The van der Waals surface area contributed by atoms with Crippen molar-refractivity contribution in [3.8, 4) is 0 Å². The van der Waals surface area contributed by atoms with Crippen LogP contribution in [0.1, 0.15) is 42.4 Å². The van der Waals surface area contributed by atoms with E-state index in [2.05, 4.69) is 5.32 Å². The highest BCUT2D eigenvalue weighted by molar-refractivity contribution is 5.74. The number of carbonyl (C=O) groups is 1. The molecule has 0 aromatic heterocycles. The first-order valence-corrected chi connectivity index (χ1v) is 7.03. The van der Waals surface area contributed by atoms with Crippen molar-refractivity contribution in [2.24, 2.45) is 5.73 Å². The molecule has 1 aromatic carbocycles. The lowest BCUT2D eigenvalue weighted by atomic mass is 9.89. The van der Waals surface area contributed by atoms with Crippen LogP contribution in [0, 0.1) is 0 Å². The summed E-state index contributed by atoms with van der Waals surface area (Å²) in [5.74, 6) is -0.0686. The molecule has 1 fully saturated rings. The lowest BCUT2D eigenvalue weighted by molar-refractivity contribution is -0.121. The first kappa shape index (κ1) is 15.0. The third-order valence-electron chi connectivity index (χ3n) is 3.86. The maximum Gasteiger partial charge on any atom is 0.220 e. The van der Waals surface area contributed by atoms with Crippen molar-refractivity contribution in [3.05, 3.63) is 35.4 Å². The van der Waals surface area contributed by atoms with Crippen LogP contribution in [0.3, 0.4) is 0 Å². The predicted octanol–water partition coefficient (Wildman–Crippen LogP) is 0.423. The summed E-state index contributed by atoms with van der Waals surface area (Å²) in [6, 6.07) is 7.61. The van der Waals surface area contributed by atoms with E-state index in [4.69, 9.17) is 5.73 Å². The molecule has 1 aliphatic heterocycles. The maximum absolute atomic E-state index is 10.8. The van der Waals surface area contributed by atoms with Gasteiger partial charge in [0, 0.05) is 0 Å². The number of nitrogens with one attached hydrogen (secondary N) is 1. The Morgan fingerprint density at radius 1 is 1.25 bits per heavy atom. The average molecular weight is 278 g/mol. The van der Waals surface area contributed by atoms with Gasteiger partial charge in [0.05, 0.1) is 12.5 Å². The Kier molecular flexibility index (Phi) is 5.11. The van der Waals surface area contributed by atoms with Crippen LogP contribution in [0.2, 0.25) is 0 Å². The van der Waals surface area contributed by atoms with E-state index in [0.717, 1.165) is 25.9 Å². The number of rotatable bonds is 5. The number of hydrogen-bond acceptors (Lipinski definition) is 4. The molecule has 2 atom stereocenters.